The lowest BCUT2D eigenvalue weighted by atomic mass is 10.2. The van der Waals surface area contributed by atoms with E-state index >= 15 is 0 Å². The van der Waals surface area contributed by atoms with Gasteiger partial charge in [0.2, 0.25) is 18.4 Å². The zero-order valence-electron chi connectivity index (χ0n) is 15.5. The molecule has 1 aliphatic heterocycles. The minimum absolute atomic E-state index is 0.117. The molecule has 8 nitrogen and oxygen atoms in total. The minimum atomic E-state index is -0.117. The van der Waals surface area contributed by atoms with Gasteiger partial charge in [-0.3, -0.25) is 4.79 Å². The highest BCUT2D eigenvalue weighted by Gasteiger charge is 2.15. The molecule has 2 aromatic rings. The predicted molar refractivity (Wildman–Crippen MR) is 100 cm³/mol. The Balaban J connectivity index is 1.55. The first-order chi connectivity index (χ1) is 13.1. The van der Waals surface area contributed by atoms with E-state index in [-0.39, 0.29) is 19.1 Å². The number of methoxy groups -OCH3 is 3. The molecule has 1 aliphatic rings. The zero-order valence-corrected chi connectivity index (χ0v) is 15.5. The van der Waals surface area contributed by atoms with Gasteiger partial charge in [-0.2, -0.15) is 0 Å². The first-order valence-electron chi connectivity index (χ1n) is 8.38. The molecule has 0 radical (unpaired) electrons. The number of nitrogens with one attached hydrogen (secondary N) is 2. The summed E-state index contributed by atoms with van der Waals surface area (Å²) >= 11 is 0. The van der Waals surface area contributed by atoms with E-state index in [0.29, 0.717) is 41.0 Å². The molecule has 0 fully saturated rings. The van der Waals surface area contributed by atoms with Crippen LogP contribution in [-0.2, 0) is 4.79 Å². The van der Waals surface area contributed by atoms with Crippen molar-refractivity contribution in [1.82, 2.24) is 0 Å². The Morgan fingerprint density at radius 2 is 1.67 bits per heavy atom. The Morgan fingerprint density at radius 3 is 2.33 bits per heavy atom. The quantitative estimate of drug-likeness (QED) is 0.735. The van der Waals surface area contributed by atoms with E-state index in [9.17, 15) is 4.79 Å². The predicted octanol–water partition coefficient (Wildman–Crippen LogP) is 2.88. The van der Waals surface area contributed by atoms with Crippen LogP contribution in [0.15, 0.2) is 30.3 Å². The smallest absolute Gasteiger partial charge is 0.231 e. The molecule has 144 valence electrons. The molecule has 3 rings (SSSR count). The SMILES string of the molecule is COc1cc(NCCC(=O)Nc2ccc3c(c2)OCO3)cc(OC)c1OC. The topological polar surface area (TPSA) is 87.3 Å². The molecule has 0 atom stereocenters. The summed E-state index contributed by atoms with van der Waals surface area (Å²) in [5.41, 5.74) is 1.43. The Labute approximate surface area is 157 Å². The third-order valence-corrected chi connectivity index (χ3v) is 4.00. The van der Waals surface area contributed by atoms with Crippen LogP contribution in [-0.4, -0.2) is 40.6 Å². The number of hydrogen-bond acceptors (Lipinski definition) is 7. The third-order valence-electron chi connectivity index (χ3n) is 4.00. The van der Waals surface area contributed by atoms with E-state index < -0.39 is 0 Å². The van der Waals surface area contributed by atoms with Crippen molar-refractivity contribution in [3.05, 3.63) is 30.3 Å². The van der Waals surface area contributed by atoms with Gasteiger partial charge in [-0.25, -0.2) is 0 Å². The summed E-state index contributed by atoms with van der Waals surface area (Å²) < 4.78 is 26.5. The van der Waals surface area contributed by atoms with Crippen LogP contribution in [0.5, 0.6) is 28.7 Å². The van der Waals surface area contributed by atoms with Crippen molar-refractivity contribution < 1.29 is 28.5 Å². The lowest BCUT2D eigenvalue weighted by molar-refractivity contribution is -0.115. The summed E-state index contributed by atoms with van der Waals surface area (Å²) in [7, 11) is 4.66. The number of carbonyl (C=O) groups is 1. The van der Waals surface area contributed by atoms with Gasteiger partial charge in [0, 0.05) is 42.5 Å². The van der Waals surface area contributed by atoms with Crippen molar-refractivity contribution in [2.24, 2.45) is 0 Å². The summed E-state index contributed by atoms with van der Waals surface area (Å²) in [6, 6.07) is 8.87. The van der Waals surface area contributed by atoms with Crippen molar-refractivity contribution in [1.29, 1.82) is 0 Å². The Morgan fingerprint density at radius 1 is 0.963 bits per heavy atom. The van der Waals surface area contributed by atoms with Gasteiger partial charge in [-0.05, 0) is 12.1 Å². The Hall–Kier alpha value is -3.29. The van der Waals surface area contributed by atoms with Gasteiger partial charge in [0.25, 0.3) is 0 Å². The molecular weight excluding hydrogens is 352 g/mol. The van der Waals surface area contributed by atoms with E-state index in [2.05, 4.69) is 10.6 Å². The third kappa shape index (κ3) is 4.28. The van der Waals surface area contributed by atoms with Crippen LogP contribution in [0.2, 0.25) is 0 Å². The first-order valence-corrected chi connectivity index (χ1v) is 8.38. The number of carbonyl (C=O) groups excluding carboxylic acids is 1. The average Bonchev–Trinajstić information content (AvgIpc) is 3.14. The lowest BCUT2D eigenvalue weighted by Gasteiger charge is -2.15. The summed E-state index contributed by atoms with van der Waals surface area (Å²) in [5, 5.41) is 6.02. The molecule has 0 aliphatic carbocycles. The number of benzene rings is 2. The van der Waals surface area contributed by atoms with Crippen molar-refractivity contribution in [2.75, 3.05) is 45.3 Å². The maximum atomic E-state index is 12.2. The maximum absolute atomic E-state index is 12.2. The van der Waals surface area contributed by atoms with Gasteiger partial charge >= 0.3 is 0 Å². The summed E-state index contributed by atoms with van der Waals surface area (Å²) in [5.74, 6) is 2.80. The fraction of sp³-hybridized carbons (Fsp3) is 0.316. The molecule has 8 heteroatoms. The lowest BCUT2D eigenvalue weighted by Crippen LogP contribution is -2.16. The molecular formula is C19H22N2O6. The maximum Gasteiger partial charge on any atom is 0.231 e. The summed E-state index contributed by atoms with van der Waals surface area (Å²) in [4.78, 5) is 12.2. The highest BCUT2D eigenvalue weighted by atomic mass is 16.7. The molecule has 1 heterocycles. The van der Waals surface area contributed by atoms with Crippen molar-refractivity contribution in [2.45, 2.75) is 6.42 Å². The van der Waals surface area contributed by atoms with Crippen molar-refractivity contribution in [3.63, 3.8) is 0 Å². The number of hydrogen-bond donors (Lipinski definition) is 2. The van der Waals surface area contributed by atoms with Gasteiger partial charge in [0.05, 0.1) is 21.3 Å². The van der Waals surface area contributed by atoms with Gasteiger partial charge in [0.1, 0.15) is 0 Å². The zero-order chi connectivity index (χ0) is 19.2. The molecule has 0 saturated heterocycles. The number of anilines is 2. The van der Waals surface area contributed by atoms with E-state index in [4.69, 9.17) is 23.7 Å². The molecule has 1 amide bonds. The van der Waals surface area contributed by atoms with E-state index in [1.165, 1.54) is 0 Å². The van der Waals surface area contributed by atoms with Crippen LogP contribution in [0, 0.1) is 0 Å². The molecule has 2 N–H and O–H groups in total. The van der Waals surface area contributed by atoms with Gasteiger partial charge in [-0.1, -0.05) is 0 Å². The van der Waals surface area contributed by atoms with Crippen LogP contribution in [0.1, 0.15) is 6.42 Å². The van der Waals surface area contributed by atoms with Gasteiger partial charge in [0.15, 0.2) is 23.0 Å². The average molecular weight is 374 g/mol. The van der Waals surface area contributed by atoms with E-state index in [1.54, 1.807) is 51.7 Å². The molecule has 0 unspecified atom stereocenters. The highest BCUT2D eigenvalue weighted by Crippen LogP contribution is 2.40. The fourth-order valence-electron chi connectivity index (χ4n) is 2.70. The van der Waals surface area contributed by atoms with Crippen LogP contribution >= 0.6 is 0 Å². The van der Waals surface area contributed by atoms with Crippen LogP contribution in [0.25, 0.3) is 0 Å². The second-order valence-electron chi connectivity index (χ2n) is 5.71. The van der Waals surface area contributed by atoms with Gasteiger partial charge in [-0.15, -0.1) is 0 Å². The van der Waals surface area contributed by atoms with E-state index in [1.807, 2.05) is 0 Å². The van der Waals surface area contributed by atoms with Crippen molar-refractivity contribution >= 4 is 17.3 Å². The number of ether oxygens (including phenoxy) is 5. The summed E-state index contributed by atoms with van der Waals surface area (Å²) in [6.45, 7) is 0.639. The Bertz CT molecular complexity index is 799. The molecule has 0 bridgehead atoms. The Kier molecular flexibility index (Phi) is 5.75. The largest absolute Gasteiger partial charge is 0.493 e. The molecule has 0 saturated carbocycles. The monoisotopic (exact) mass is 374 g/mol. The molecule has 0 aromatic heterocycles. The van der Waals surface area contributed by atoms with Crippen LogP contribution in [0.4, 0.5) is 11.4 Å². The van der Waals surface area contributed by atoms with E-state index in [0.717, 1.165) is 5.69 Å². The fourth-order valence-corrected chi connectivity index (χ4v) is 2.70. The second kappa shape index (κ2) is 8.39. The highest BCUT2D eigenvalue weighted by molar-refractivity contribution is 5.91. The number of rotatable bonds is 8. The van der Waals surface area contributed by atoms with Gasteiger partial charge < -0.3 is 34.3 Å². The standard InChI is InChI=1S/C19H22N2O6/c1-23-16-9-13(10-17(24-2)19(16)25-3)20-7-6-18(22)21-12-4-5-14-15(8-12)27-11-26-14/h4-5,8-10,20H,6-7,11H2,1-3H3,(H,21,22). The molecule has 2 aromatic carbocycles. The summed E-state index contributed by atoms with van der Waals surface area (Å²) in [6.07, 6.45) is 0.283. The van der Waals surface area contributed by atoms with Crippen LogP contribution in [0.3, 0.4) is 0 Å². The molecule has 0 spiro atoms. The number of amides is 1. The van der Waals surface area contributed by atoms with Crippen molar-refractivity contribution in [3.8, 4) is 28.7 Å². The molecule has 27 heavy (non-hydrogen) atoms. The van der Waals surface area contributed by atoms with Crippen LogP contribution < -0.4 is 34.3 Å². The second-order valence-corrected chi connectivity index (χ2v) is 5.71. The number of fused-ring (bicyclic) bond motifs is 1. The first kappa shape index (κ1) is 18.5. The minimum Gasteiger partial charge on any atom is -0.493 e. The normalized spacial score (nSPS) is 11.7.